The van der Waals surface area contributed by atoms with E-state index >= 15 is 0 Å². The quantitative estimate of drug-likeness (QED) is 0.618. The lowest BCUT2D eigenvalue weighted by atomic mass is 9.96. The molecule has 0 aliphatic rings. The van der Waals surface area contributed by atoms with E-state index in [-0.39, 0.29) is 11.1 Å². The van der Waals surface area contributed by atoms with Crippen LogP contribution in [0.5, 0.6) is 0 Å². The van der Waals surface area contributed by atoms with Gasteiger partial charge in [0.1, 0.15) is 0 Å². The molecular formula is C18H26O4. The van der Waals surface area contributed by atoms with E-state index in [9.17, 15) is 14.7 Å². The molecule has 0 spiro atoms. The van der Waals surface area contributed by atoms with Gasteiger partial charge in [-0.1, -0.05) is 58.1 Å². The van der Waals surface area contributed by atoms with E-state index < -0.39 is 11.9 Å². The summed E-state index contributed by atoms with van der Waals surface area (Å²) in [4.78, 5) is 22.4. The fourth-order valence-corrected chi connectivity index (χ4v) is 2.64. The Balaban J connectivity index is 2.51. The molecule has 0 aromatic heterocycles. The normalized spacial score (nSPS) is 10.9. The van der Waals surface area contributed by atoms with Gasteiger partial charge in [-0.3, -0.25) is 0 Å². The van der Waals surface area contributed by atoms with Gasteiger partial charge < -0.3 is 10.2 Å². The Hall–Kier alpha value is -1.84. The Bertz CT molecular complexity index is 506. The lowest BCUT2D eigenvalue weighted by Gasteiger charge is -2.09. The molecular weight excluding hydrogens is 280 g/mol. The molecule has 1 aromatic rings. The van der Waals surface area contributed by atoms with Gasteiger partial charge in [0.05, 0.1) is 11.1 Å². The highest BCUT2D eigenvalue weighted by molar-refractivity contribution is 6.02. The van der Waals surface area contributed by atoms with E-state index in [0.717, 1.165) is 25.2 Å². The Morgan fingerprint density at radius 2 is 1.59 bits per heavy atom. The molecule has 0 unspecified atom stereocenters. The average Bonchev–Trinajstić information content (AvgIpc) is 2.45. The summed E-state index contributed by atoms with van der Waals surface area (Å²) in [5.41, 5.74) is 0.436. The average molecular weight is 306 g/mol. The second-order valence-corrected chi connectivity index (χ2v) is 6.15. The first-order valence-corrected chi connectivity index (χ1v) is 8.02. The topological polar surface area (TPSA) is 74.6 Å². The molecule has 1 aromatic carbocycles. The van der Waals surface area contributed by atoms with Crippen LogP contribution in [0.4, 0.5) is 0 Å². The van der Waals surface area contributed by atoms with Gasteiger partial charge in [-0.05, 0) is 30.4 Å². The first-order valence-electron chi connectivity index (χ1n) is 8.02. The predicted octanol–water partition coefficient (Wildman–Crippen LogP) is 4.62. The second-order valence-electron chi connectivity index (χ2n) is 6.15. The fraction of sp³-hybridized carbons (Fsp3) is 0.556. The molecule has 0 fully saturated rings. The predicted molar refractivity (Wildman–Crippen MR) is 86.6 cm³/mol. The van der Waals surface area contributed by atoms with Crippen LogP contribution in [0.1, 0.15) is 78.7 Å². The lowest BCUT2D eigenvalue weighted by molar-refractivity contribution is 0.0650. The summed E-state index contributed by atoms with van der Waals surface area (Å²) in [6.07, 6.45) is 7.41. The van der Waals surface area contributed by atoms with Crippen molar-refractivity contribution in [2.24, 2.45) is 5.92 Å². The minimum atomic E-state index is -1.19. The third-order valence-electron chi connectivity index (χ3n) is 3.82. The van der Waals surface area contributed by atoms with Crippen molar-refractivity contribution in [2.75, 3.05) is 0 Å². The molecule has 4 nitrogen and oxygen atoms in total. The van der Waals surface area contributed by atoms with Crippen LogP contribution >= 0.6 is 0 Å². The van der Waals surface area contributed by atoms with Crippen molar-refractivity contribution in [3.8, 4) is 0 Å². The summed E-state index contributed by atoms with van der Waals surface area (Å²) in [6, 6.07) is 4.68. The van der Waals surface area contributed by atoms with Crippen molar-refractivity contribution in [3.05, 3.63) is 34.9 Å². The number of rotatable bonds is 10. The number of hydrogen-bond acceptors (Lipinski definition) is 2. The Kier molecular flexibility index (Phi) is 7.64. The highest BCUT2D eigenvalue weighted by atomic mass is 16.4. The second kappa shape index (κ2) is 9.23. The van der Waals surface area contributed by atoms with Crippen molar-refractivity contribution in [3.63, 3.8) is 0 Å². The Morgan fingerprint density at radius 3 is 2.18 bits per heavy atom. The molecule has 0 radical (unpaired) electrons. The summed E-state index contributed by atoms with van der Waals surface area (Å²) in [5.74, 6) is -1.60. The van der Waals surface area contributed by atoms with Crippen molar-refractivity contribution in [2.45, 2.75) is 58.8 Å². The third kappa shape index (κ3) is 5.88. The summed E-state index contributed by atoms with van der Waals surface area (Å²) in [6.45, 7) is 4.45. The van der Waals surface area contributed by atoms with E-state index in [1.807, 2.05) is 0 Å². The van der Waals surface area contributed by atoms with E-state index in [4.69, 9.17) is 5.11 Å². The largest absolute Gasteiger partial charge is 0.478 e. The number of hydrogen-bond donors (Lipinski definition) is 2. The van der Waals surface area contributed by atoms with Crippen molar-refractivity contribution >= 4 is 11.9 Å². The van der Waals surface area contributed by atoms with Crippen LogP contribution in [-0.4, -0.2) is 22.2 Å². The van der Waals surface area contributed by atoms with Crippen LogP contribution < -0.4 is 0 Å². The zero-order valence-electron chi connectivity index (χ0n) is 13.5. The maximum atomic E-state index is 11.3. The summed E-state index contributed by atoms with van der Waals surface area (Å²) in [7, 11) is 0. The standard InChI is InChI=1S/C18H26O4/c1-13(2)9-6-4-3-5-7-10-14-11-8-12-15(17(19)20)16(14)18(21)22/h8,11-13H,3-7,9-10H2,1-2H3,(H,19,20)(H,21,22). The maximum absolute atomic E-state index is 11.3. The molecule has 0 saturated carbocycles. The van der Waals surface area contributed by atoms with Gasteiger partial charge >= 0.3 is 11.9 Å². The van der Waals surface area contributed by atoms with Crippen LogP contribution in [-0.2, 0) is 6.42 Å². The number of aryl methyl sites for hydroxylation is 1. The summed E-state index contributed by atoms with van der Waals surface area (Å²) >= 11 is 0. The van der Waals surface area contributed by atoms with Gasteiger partial charge in [0.15, 0.2) is 0 Å². The van der Waals surface area contributed by atoms with Gasteiger partial charge in [-0.25, -0.2) is 9.59 Å². The van der Waals surface area contributed by atoms with Crippen LogP contribution in [0.3, 0.4) is 0 Å². The molecule has 0 saturated heterocycles. The molecule has 1 rings (SSSR count). The van der Waals surface area contributed by atoms with Crippen molar-refractivity contribution in [1.29, 1.82) is 0 Å². The summed E-state index contributed by atoms with van der Waals surface area (Å²) < 4.78 is 0. The molecule has 4 heteroatoms. The monoisotopic (exact) mass is 306 g/mol. The van der Waals surface area contributed by atoms with E-state index in [1.54, 1.807) is 12.1 Å². The number of benzene rings is 1. The molecule has 0 atom stereocenters. The lowest BCUT2D eigenvalue weighted by Crippen LogP contribution is -2.11. The molecule has 2 N–H and O–H groups in total. The highest BCUT2D eigenvalue weighted by Crippen LogP contribution is 2.19. The molecule has 22 heavy (non-hydrogen) atoms. The fourth-order valence-electron chi connectivity index (χ4n) is 2.64. The van der Waals surface area contributed by atoms with Gasteiger partial charge in [-0.15, -0.1) is 0 Å². The van der Waals surface area contributed by atoms with Gasteiger partial charge in [0.2, 0.25) is 0 Å². The first-order chi connectivity index (χ1) is 10.4. The first kappa shape index (κ1) is 18.2. The molecule has 122 valence electrons. The van der Waals surface area contributed by atoms with Gasteiger partial charge in [0.25, 0.3) is 0 Å². The van der Waals surface area contributed by atoms with Gasteiger partial charge in [0, 0.05) is 0 Å². The maximum Gasteiger partial charge on any atom is 0.336 e. The van der Waals surface area contributed by atoms with Crippen molar-refractivity contribution in [1.82, 2.24) is 0 Å². The van der Waals surface area contributed by atoms with E-state index in [1.165, 1.54) is 25.3 Å². The molecule has 0 amide bonds. The smallest absolute Gasteiger partial charge is 0.336 e. The zero-order valence-corrected chi connectivity index (χ0v) is 13.5. The number of carboxylic acid groups (broad SMARTS) is 2. The van der Waals surface area contributed by atoms with E-state index in [2.05, 4.69) is 13.8 Å². The van der Waals surface area contributed by atoms with Crippen LogP contribution in [0.15, 0.2) is 18.2 Å². The number of carbonyl (C=O) groups is 2. The SMILES string of the molecule is CC(C)CCCCCCCc1cccc(C(=O)O)c1C(=O)O. The molecule has 0 bridgehead atoms. The number of aromatic carboxylic acids is 2. The van der Waals surface area contributed by atoms with Crippen molar-refractivity contribution < 1.29 is 19.8 Å². The summed E-state index contributed by atoms with van der Waals surface area (Å²) in [5, 5.41) is 18.3. The number of carboxylic acids is 2. The highest BCUT2D eigenvalue weighted by Gasteiger charge is 2.19. The molecule has 0 heterocycles. The third-order valence-corrected chi connectivity index (χ3v) is 3.82. The van der Waals surface area contributed by atoms with Crippen LogP contribution in [0.2, 0.25) is 0 Å². The van der Waals surface area contributed by atoms with Crippen LogP contribution in [0.25, 0.3) is 0 Å². The van der Waals surface area contributed by atoms with E-state index in [0.29, 0.717) is 12.0 Å². The van der Waals surface area contributed by atoms with Crippen LogP contribution in [0, 0.1) is 5.92 Å². The molecule has 0 aliphatic carbocycles. The minimum Gasteiger partial charge on any atom is -0.478 e. The number of unbranched alkanes of at least 4 members (excludes halogenated alkanes) is 4. The molecule has 0 aliphatic heterocycles. The minimum absolute atomic E-state index is 0.0604. The Labute approximate surface area is 132 Å². The zero-order chi connectivity index (χ0) is 16.5. The van der Waals surface area contributed by atoms with Gasteiger partial charge in [-0.2, -0.15) is 0 Å². The Morgan fingerprint density at radius 1 is 0.955 bits per heavy atom.